The third kappa shape index (κ3) is 2.60. The Morgan fingerprint density at radius 2 is 1.96 bits per heavy atom. The van der Waals surface area contributed by atoms with Crippen molar-refractivity contribution in [2.75, 3.05) is 19.8 Å². The SMILES string of the molecule is O=C(NCCO)c1c(=O)n(CCO)cc2c1[nH]c1ccccc12. The standard InChI is InChI=1S/C16H17N3O4/c20-7-5-17-15(22)13-14-11(9-19(6-8-21)16(13)23)10-3-1-2-4-12(10)18-14/h1-4,9,18,20-21H,5-8H2,(H,17,22). The number of aliphatic hydroxyl groups is 2. The summed E-state index contributed by atoms with van der Waals surface area (Å²) in [4.78, 5) is 28.0. The highest BCUT2D eigenvalue weighted by molar-refractivity contribution is 6.14. The van der Waals surface area contributed by atoms with E-state index >= 15 is 0 Å². The minimum atomic E-state index is -0.548. The maximum absolute atomic E-state index is 12.6. The van der Waals surface area contributed by atoms with Gasteiger partial charge in [0.05, 0.1) is 18.7 Å². The molecule has 0 fully saturated rings. The maximum Gasteiger partial charge on any atom is 0.265 e. The highest BCUT2D eigenvalue weighted by Gasteiger charge is 2.20. The number of hydrogen-bond donors (Lipinski definition) is 4. The Balaban J connectivity index is 2.32. The van der Waals surface area contributed by atoms with Gasteiger partial charge in [0.2, 0.25) is 0 Å². The fourth-order valence-corrected chi connectivity index (χ4v) is 2.70. The van der Waals surface area contributed by atoms with Crippen LogP contribution >= 0.6 is 0 Å². The summed E-state index contributed by atoms with van der Waals surface area (Å²) in [5.41, 5.74) is 0.787. The van der Waals surface area contributed by atoms with Gasteiger partial charge in [-0.3, -0.25) is 9.59 Å². The van der Waals surface area contributed by atoms with Crippen molar-refractivity contribution in [1.29, 1.82) is 0 Å². The molecule has 1 aromatic carbocycles. The molecule has 1 amide bonds. The van der Waals surface area contributed by atoms with Crippen molar-refractivity contribution in [3.05, 3.63) is 46.4 Å². The van der Waals surface area contributed by atoms with E-state index in [2.05, 4.69) is 10.3 Å². The first-order valence-electron chi connectivity index (χ1n) is 7.31. The van der Waals surface area contributed by atoms with E-state index in [0.29, 0.717) is 5.52 Å². The number of aromatic nitrogens is 2. The summed E-state index contributed by atoms with van der Waals surface area (Å²) in [6, 6.07) is 7.51. The van der Waals surface area contributed by atoms with Crippen molar-refractivity contribution in [3.63, 3.8) is 0 Å². The normalized spacial score (nSPS) is 11.2. The van der Waals surface area contributed by atoms with Gasteiger partial charge in [-0.2, -0.15) is 0 Å². The number of amides is 1. The van der Waals surface area contributed by atoms with Gasteiger partial charge in [-0.15, -0.1) is 0 Å². The van der Waals surface area contributed by atoms with Crippen LogP contribution < -0.4 is 10.9 Å². The number of rotatable bonds is 5. The number of aromatic amines is 1. The molecule has 2 heterocycles. The van der Waals surface area contributed by atoms with Gasteiger partial charge in [-0.05, 0) is 6.07 Å². The molecule has 0 aliphatic heterocycles. The van der Waals surface area contributed by atoms with Crippen LogP contribution in [0.1, 0.15) is 10.4 Å². The van der Waals surface area contributed by atoms with Crippen LogP contribution in [0.4, 0.5) is 0 Å². The quantitative estimate of drug-likeness (QED) is 0.539. The van der Waals surface area contributed by atoms with Crippen molar-refractivity contribution >= 4 is 27.7 Å². The fourth-order valence-electron chi connectivity index (χ4n) is 2.70. The number of carbonyl (C=O) groups excluding carboxylic acids is 1. The number of benzene rings is 1. The number of hydrogen-bond acceptors (Lipinski definition) is 4. The number of aliphatic hydroxyl groups excluding tert-OH is 2. The lowest BCUT2D eigenvalue weighted by atomic mass is 10.1. The molecule has 0 saturated heterocycles. The lowest BCUT2D eigenvalue weighted by Crippen LogP contribution is -2.35. The predicted molar refractivity (Wildman–Crippen MR) is 86.6 cm³/mol. The van der Waals surface area contributed by atoms with Gasteiger partial charge < -0.3 is 25.1 Å². The Morgan fingerprint density at radius 1 is 1.17 bits per heavy atom. The van der Waals surface area contributed by atoms with E-state index in [4.69, 9.17) is 10.2 Å². The zero-order valence-corrected chi connectivity index (χ0v) is 12.4. The molecule has 0 atom stereocenters. The summed E-state index contributed by atoms with van der Waals surface area (Å²) in [6.45, 7) is -0.242. The van der Waals surface area contributed by atoms with E-state index in [1.807, 2.05) is 24.3 Å². The molecule has 0 saturated carbocycles. The maximum atomic E-state index is 12.6. The molecule has 7 nitrogen and oxygen atoms in total. The monoisotopic (exact) mass is 315 g/mol. The van der Waals surface area contributed by atoms with Crippen LogP contribution in [-0.4, -0.2) is 45.4 Å². The van der Waals surface area contributed by atoms with Crippen molar-refractivity contribution < 1.29 is 15.0 Å². The number of carbonyl (C=O) groups is 1. The third-order valence-corrected chi connectivity index (χ3v) is 3.72. The second kappa shape index (κ2) is 6.23. The number of H-pyrrole nitrogens is 1. The average molecular weight is 315 g/mol. The zero-order valence-electron chi connectivity index (χ0n) is 12.4. The molecule has 0 unspecified atom stereocenters. The first-order chi connectivity index (χ1) is 11.2. The molecular weight excluding hydrogens is 298 g/mol. The molecule has 0 aliphatic carbocycles. The molecule has 120 valence electrons. The Labute approximate surface area is 131 Å². The van der Waals surface area contributed by atoms with Gasteiger partial charge in [0, 0.05) is 35.6 Å². The summed E-state index contributed by atoms with van der Waals surface area (Å²) >= 11 is 0. The van der Waals surface area contributed by atoms with Crippen LogP contribution in [-0.2, 0) is 6.54 Å². The Kier molecular flexibility index (Phi) is 4.14. The molecule has 2 aromatic heterocycles. The molecule has 0 bridgehead atoms. The lowest BCUT2D eigenvalue weighted by molar-refractivity contribution is 0.0944. The second-order valence-electron chi connectivity index (χ2n) is 5.17. The highest BCUT2D eigenvalue weighted by atomic mass is 16.3. The Hall–Kier alpha value is -2.64. The Bertz CT molecular complexity index is 926. The van der Waals surface area contributed by atoms with Gasteiger partial charge in [-0.1, -0.05) is 18.2 Å². The van der Waals surface area contributed by atoms with Crippen LogP contribution in [0.15, 0.2) is 35.3 Å². The largest absolute Gasteiger partial charge is 0.395 e. The van der Waals surface area contributed by atoms with Gasteiger partial charge in [0.15, 0.2) is 0 Å². The smallest absolute Gasteiger partial charge is 0.265 e. The lowest BCUT2D eigenvalue weighted by Gasteiger charge is -2.09. The van der Waals surface area contributed by atoms with Gasteiger partial charge in [0.25, 0.3) is 11.5 Å². The number of nitrogens with one attached hydrogen (secondary N) is 2. The van der Waals surface area contributed by atoms with Crippen molar-refractivity contribution in [3.8, 4) is 0 Å². The molecule has 0 radical (unpaired) electrons. The topological polar surface area (TPSA) is 107 Å². The average Bonchev–Trinajstić information content (AvgIpc) is 2.91. The molecule has 3 aromatic rings. The molecular formula is C16H17N3O4. The van der Waals surface area contributed by atoms with E-state index in [0.717, 1.165) is 16.3 Å². The third-order valence-electron chi connectivity index (χ3n) is 3.72. The van der Waals surface area contributed by atoms with Crippen LogP contribution in [0, 0.1) is 0 Å². The summed E-state index contributed by atoms with van der Waals surface area (Å²) < 4.78 is 1.33. The number of nitrogens with zero attached hydrogens (tertiary/aromatic N) is 1. The van der Waals surface area contributed by atoms with E-state index in [1.54, 1.807) is 6.20 Å². The molecule has 3 rings (SSSR count). The molecule has 0 spiro atoms. The van der Waals surface area contributed by atoms with Crippen molar-refractivity contribution in [2.45, 2.75) is 6.54 Å². The van der Waals surface area contributed by atoms with Crippen LogP contribution in [0.2, 0.25) is 0 Å². The fraction of sp³-hybridized carbons (Fsp3) is 0.250. The van der Waals surface area contributed by atoms with Crippen LogP contribution in [0.25, 0.3) is 21.8 Å². The minimum absolute atomic E-state index is 0.0133. The first-order valence-corrected chi connectivity index (χ1v) is 7.31. The van der Waals surface area contributed by atoms with Crippen molar-refractivity contribution in [1.82, 2.24) is 14.9 Å². The minimum Gasteiger partial charge on any atom is -0.395 e. The summed E-state index contributed by atoms with van der Waals surface area (Å²) in [5.74, 6) is -0.548. The highest BCUT2D eigenvalue weighted by Crippen LogP contribution is 2.26. The van der Waals surface area contributed by atoms with Gasteiger partial charge >= 0.3 is 0 Å². The molecule has 4 N–H and O–H groups in total. The molecule has 7 heteroatoms. The summed E-state index contributed by atoms with van der Waals surface area (Å²) in [6.07, 6.45) is 1.65. The van der Waals surface area contributed by atoms with E-state index in [1.165, 1.54) is 4.57 Å². The second-order valence-corrected chi connectivity index (χ2v) is 5.17. The Morgan fingerprint density at radius 3 is 2.70 bits per heavy atom. The van der Waals surface area contributed by atoms with Crippen molar-refractivity contribution in [2.24, 2.45) is 0 Å². The van der Waals surface area contributed by atoms with E-state index in [-0.39, 0.29) is 31.9 Å². The van der Waals surface area contributed by atoms with E-state index in [9.17, 15) is 9.59 Å². The molecule has 23 heavy (non-hydrogen) atoms. The predicted octanol–water partition coefficient (Wildman–Crippen LogP) is 0.197. The van der Waals surface area contributed by atoms with E-state index < -0.39 is 11.5 Å². The van der Waals surface area contributed by atoms with Gasteiger partial charge in [-0.25, -0.2) is 0 Å². The first kappa shape index (κ1) is 15.3. The van der Waals surface area contributed by atoms with Gasteiger partial charge in [0.1, 0.15) is 5.56 Å². The van der Waals surface area contributed by atoms with Crippen LogP contribution in [0.3, 0.4) is 0 Å². The molecule has 0 aliphatic rings. The number of para-hydroxylation sites is 1. The number of fused-ring (bicyclic) bond motifs is 3. The summed E-state index contributed by atoms with van der Waals surface area (Å²) in [7, 11) is 0. The number of pyridine rings is 1. The summed E-state index contributed by atoms with van der Waals surface area (Å²) in [5, 5.41) is 22.2. The van der Waals surface area contributed by atoms with Crippen LogP contribution in [0.5, 0.6) is 0 Å². The zero-order chi connectivity index (χ0) is 16.4.